The van der Waals surface area contributed by atoms with Crippen LogP contribution in [0, 0.1) is 11.8 Å². The molecule has 1 atom stereocenters. The highest BCUT2D eigenvalue weighted by molar-refractivity contribution is 5.02. The zero-order valence-corrected chi connectivity index (χ0v) is 12.8. The summed E-state index contributed by atoms with van der Waals surface area (Å²) in [5, 5.41) is 8.13. The van der Waals surface area contributed by atoms with Gasteiger partial charge >= 0.3 is 0 Å². The molecule has 1 aliphatic heterocycles. The molecular weight excluding hydrogens is 236 g/mol. The third-order valence-electron chi connectivity index (χ3n) is 3.86. The summed E-state index contributed by atoms with van der Waals surface area (Å²) in [6.07, 6.45) is 6.49. The van der Waals surface area contributed by atoms with Crippen LogP contribution in [0.5, 0.6) is 0 Å². The van der Waals surface area contributed by atoms with Crippen molar-refractivity contribution in [3.63, 3.8) is 0 Å². The smallest absolute Gasteiger partial charge is 0.138 e. The van der Waals surface area contributed by atoms with Crippen LogP contribution < -0.4 is 5.32 Å². The summed E-state index contributed by atoms with van der Waals surface area (Å²) in [7, 11) is 0. The normalized spacial score (nSPS) is 23.7. The predicted molar refractivity (Wildman–Crippen MR) is 78.0 cm³/mol. The van der Waals surface area contributed by atoms with Gasteiger partial charge in [-0.05, 0) is 37.6 Å². The van der Waals surface area contributed by atoms with Crippen molar-refractivity contribution in [2.75, 3.05) is 6.54 Å². The summed E-state index contributed by atoms with van der Waals surface area (Å²) in [4.78, 5) is 4.50. The van der Waals surface area contributed by atoms with Gasteiger partial charge in [-0.15, -0.1) is 0 Å². The summed E-state index contributed by atoms with van der Waals surface area (Å²) in [5.41, 5.74) is 0.246. The Morgan fingerprint density at radius 2 is 2.11 bits per heavy atom. The third-order valence-corrected chi connectivity index (χ3v) is 3.86. The van der Waals surface area contributed by atoms with Crippen LogP contribution in [0.25, 0.3) is 0 Å². The van der Waals surface area contributed by atoms with Crippen LogP contribution in [0.3, 0.4) is 0 Å². The van der Waals surface area contributed by atoms with E-state index < -0.39 is 0 Å². The number of nitrogens with zero attached hydrogens (tertiary/aromatic N) is 3. The van der Waals surface area contributed by atoms with Gasteiger partial charge in [-0.2, -0.15) is 5.10 Å². The van der Waals surface area contributed by atoms with Gasteiger partial charge in [0.15, 0.2) is 0 Å². The van der Waals surface area contributed by atoms with Crippen LogP contribution in [0.2, 0.25) is 0 Å². The maximum Gasteiger partial charge on any atom is 0.138 e. The van der Waals surface area contributed by atoms with E-state index in [0.717, 1.165) is 25.3 Å². The highest BCUT2D eigenvalue weighted by Crippen LogP contribution is 2.30. The largest absolute Gasteiger partial charge is 0.311 e. The van der Waals surface area contributed by atoms with E-state index >= 15 is 0 Å². The molecule has 0 saturated carbocycles. The molecule has 2 heterocycles. The quantitative estimate of drug-likeness (QED) is 0.859. The lowest BCUT2D eigenvalue weighted by Gasteiger charge is -2.31. The molecule has 0 bridgehead atoms. The molecule has 1 saturated heterocycles. The Balaban J connectivity index is 2.11. The number of hydrogen-bond acceptors (Lipinski definition) is 3. The number of rotatable bonds is 6. The average molecular weight is 264 g/mol. The van der Waals surface area contributed by atoms with E-state index in [-0.39, 0.29) is 5.54 Å². The Morgan fingerprint density at radius 1 is 1.32 bits per heavy atom. The first-order valence-electron chi connectivity index (χ1n) is 7.62. The van der Waals surface area contributed by atoms with Crippen molar-refractivity contribution in [1.29, 1.82) is 0 Å². The van der Waals surface area contributed by atoms with Gasteiger partial charge in [0.05, 0.1) is 0 Å². The Hall–Kier alpha value is -0.900. The Bertz CT molecular complexity index is 389. The van der Waals surface area contributed by atoms with Crippen molar-refractivity contribution < 1.29 is 0 Å². The maximum absolute atomic E-state index is 4.50. The van der Waals surface area contributed by atoms with E-state index in [1.165, 1.54) is 19.3 Å². The van der Waals surface area contributed by atoms with Crippen LogP contribution in [0.1, 0.15) is 52.8 Å². The van der Waals surface area contributed by atoms with Crippen LogP contribution in [-0.2, 0) is 13.0 Å². The topological polar surface area (TPSA) is 42.7 Å². The van der Waals surface area contributed by atoms with Crippen molar-refractivity contribution in [1.82, 2.24) is 20.1 Å². The lowest BCUT2D eigenvalue weighted by Crippen LogP contribution is -2.43. The molecule has 1 fully saturated rings. The fraction of sp³-hybridized carbons (Fsp3) is 0.867. The van der Waals surface area contributed by atoms with Crippen LogP contribution >= 0.6 is 0 Å². The predicted octanol–water partition coefficient (Wildman–Crippen LogP) is 2.64. The number of nitrogens with one attached hydrogen (secondary N) is 1. The van der Waals surface area contributed by atoms with Gasteiger partial charge < -0.3 is 5.32 Å². The van der Waals surface area contributed by atoms with Crippen molar-refractivity contribution >= 4 is 0 Å². The van der Waals surface area contributed by atoms with Crippen molar-refractivity contribution in [3.05, 3.63) is 12.2 Å². The monoisotopic (exact) mass is 264 g/mol. The van der Waals surface area contributed by atoms with E-state index in [1.807, 2.05) is 0 Å². The van der Waals surface area contributed by atoms with E-state index in [9.17, 15) is 0 Å². The summed E-state index contributed by atoms with van der Waals surface area (Å²) in [5.74, 6) is 2.47. The SMILES string of the molecule is CC(C)Cn1ncnc1CC1(CC(C)C)CCCN1. The van der Waals surface area contributed by atoms with Crippen LogP contribution in [0.4, 0.5) is 0 Å². The minimum Gasteiger partial charge on any atom is -0.311 e. The second-order valence-electron chi connectivity index (χ2n) is 6.84. The molecule has 0 spiro atoms. The van der Waals surface area contributed by atoms with E-state index in [4.69, 9.17) is 0 Å². The second-order valence-corrected chi connectivity index (χ2v) is 6.84. The first-order chi connectivity index (χ1) is 9.01. The van der Waals surface area contributed by atoms with Crippen molar-refractivity contribution in [3.8, 4) is 0 Å². The zero-order valence-electron chi connectivity index (χ0n) is 12.8. The number of aromatic nitrogens is 3. The second kappa shape index (κ2) is 6.04. The molecule has 1 aliphatic rings. The van der Waals surface area contributed by atoms with Crippen LogP contribution in [-0.4, -0.2) is 26.8 Å². The minimum atomic E-state index is 0.246. The van der Waals surface area contributed by atoms with E-state index in [1.54, 1.807) is 6.33 Å². The third kappa shape index (κ3) is 3.78. The molecule has 0 aliphatic carbocycles. The summed E-state index contributed by atoms with van der Waals surface area (Å²) in [6.45, 7) is 11.2. The summed E-state index contributed by atoms with van der Waals surface area (Å²) >= 11 is 0. The molecule has 19 heavy (non-hydrogen) atoms. The lowest BCUT2D eigenvalue weighted by molar-refractivity contribution is 0.289. The highest BCUT2D eigenvalue weighted by Gasteiger charge is 2.35. The van der Waals surface area contributed by atoms with Crippen molar-refractivity contribution in [2.45, 2.75) is 65.5 Å². The maximum atomic E-state index is 4.50. The minimum absolute atomic E-state index is 0.246. The van der Waals surface area contributed by atoms with E-state index in [0.29, 0.717) is 11.8 Å². The van der Waals surface area contributed by atoms with Gasteiger partial charge in [0, 0.05) is 18.5 Å². The van der Waals surface area contributed by atoms with E-state index in [2.05, 4.69) is 47.8 Å². The van der Waals surface area contributed by atoms with Gasteiger partial charge in [-0.3, -0.25) is 0 Å². The summed E-state index contributed by atoms with van der Waals surface area (Å²) < 4.78 is 2.09. The average Bonchev–Trinajstić information content (AvgIpc) is 2.89. The molecular formula is C15H28N4. The fourth-order valence-electron chi connectivity index (χ4n) is 3.27. The zero-order chi connectivity index (χ0) is 13.9. The first kappa shape index (κ1) is 14.5. The highest BCUT2D eigenvalue weighted by atomic mass is 15.3. The molecule has 2 rings (SSSR count). The molecule has 4 nitrogen and oxygen atoms in total. The molecule has 108 valence electrons. The lowest BCUT2D eigenvalue weighted by atomic mass is 9.84. The molecule has 4 heteroatoms. The molecule has 1 aromatic heterocycles. The Kier molecular flexibility index (Phi) is 4.61. The molecule has 1 aromatic rings. The molecule has 0 aromatic carbocycles. The standard InChI is InChI=1S/C15H28N4/c1-12(2)8-15(6-5-7-17-15)9-14-16-11-18-19(14)10-13(3)4/h11-13,17H,5-10H2,1-4H3. The first-order valence-corrected chi connectivity index (χ1v) is 7.62. The molecule has 0 radical (unpaired) electrons. The van der Waals surface area contributed by atoms with Gasteiger partial charge in [-0.25, -0.2) is 9.67 Å². The molecule has 0 amide bonds. The van der Waals surface area contributed by atoms with Crippen molar-refractivity contribution in [2.24, 2.45) is 11.8 Å². The Labute approximate surface area is 117 Å². The molecule has 1 N–H and O–H groups in total. The van der Waals surface area contributed by atoms with Gasteiger partial charge in [0.1, 0.15) is 12.2 Å². The fourth-order valence-corrected chi connectivity index (χ4v) is 3.27. The molecule has 1 unspecified atom stereocenters. The Morgan fingerprint density at radius 3 is 2.68 bits per heavy atom. The van der Waals surface area contributed by atoms with Gasteiger partial charge in [-0.1, -0.05) is 27.7 Å². The van der Waals surface area contributed by atoms with Gasteiger partial charge in [0.2, 0.25) is 0 Å². The number of hydrogen-bond donors (Lipinski definition) is 1. The van der Waals surface area contributed by atoms with Crippen LogP contribution in [0.15, 0.2) is 6.33 Å². The summed E-state index contributed by atoms with van der Waals surface area (Å²) in [6, 6.07) is 0. The van der Waals surface area contributed by atoms with Gasteiger partial charge in [0.25, 0.3) is 0 Å².